The number of rotatable bonds is 1. The van der Waals surface area contributed by atoms with Crippen molar-refractivity contribution in [3.63, 3.8) is 0 Å². The average Bonchev–Trinajstić information content (AvgIpc) is 2.47. The lowest BCUT2D eigenvalue weighted by atomic mass is 10.3. The van der Waals surface area contributed by atoms with Crippen LogP contribution in [0.4, 0.5) is 5.82 Å². The van der Waals surface area contributed by atoms with Crippen LogP contribution in [0, 0.1) is 6.92 Å². The minimum Gasteiger partial charge on any atom is -0.285 e. The number of nitrogens with two attached hydrogens (primary N) is 1. The van der Waals surface area contributed by atoms with E-state index in [-0.39, 0.29) is 0 Å². The third kappa shape index (κ3) is 1.40. The molecule has 0 unspecified atom stereocenters. The van der Waals surface area contributed by atoms with Crippen LogP contribution in [0.3, 0.4) is 0 Å². The minimum absolute atomic E-state index is 0.726. The van der Waals surface area contributed by atoms with Gasteiger partial charge in [0, 0.05) is 0 Å². The third-order valence-corrected chi connectivity index (χ3v) is 1.93. The largest absolute Gasteiger partial charge is 0.298 e. The van der Waals surface area contributed by atoms with Crippen LogP contribution in [0.5, 0.6) is 0 Å². The first-order chi connectivity index (χ1) is 6.27. The van der Waals surface area contributed by atoms with E-state index >= 15 is 0 Å². The molecular formula is C10H12N3+. The Morgan fingerprint density at radius 3 is 2.46 bits per heavy atom. The van der Waals surface area contributed by atoms with Crippen molar-refractivity contribution in [1.82, 2.24) is 5.10 Å². The zero-order valence-corrected chi connectivity index (χ0v) is 7.49. The molecule has 0 fully saturated rings. The number of aromatic amines is 1. The van der Waals surface area contributed by atoms with Gasteiger partial charge in [0.15, 0.2) is 5.69 Å². The molecule has 0 spiro atoms. The van der Waals surface area contributed by atoms with E-state index in [4.69, 9.17) is 5.73 Å². The van der Waals surface area contributed by atoms with Crippen LogP contribution in [-0.4, -0.2) is 5.10 Å². The molecule has 66 valence electrons. The lowest BCUT2D eigenvalue weighted by molar-refractivity contribution is -0.641. The van der Waals surface area contributed by atoms with Crippen LogP contribution in [0.15, 0.2) is 36.4 Å². The van der Waals surface area contributed by atoms with Crippen molar-refractivity contribution in [2.75, 3.05) is 5.73 Å². The Morgan fingerprint density at radius 1 is 1.23 bits per heavy atom. The van der Waals surface area contributed by atoms with Crippen LogP contribution in [0.25, 0.3) is 5.69 Å². The fraction of sp³-hybridized carbons (Fsp3) is 0.100. The second kappa shape index (κ2) is 2.94. The fourth-order valence-corrected chi connectivity index (χ4v) is 1.35. The van der Waals surface area contributed by atoms with Crippen molar-refractivity contribution in [2.24, 2.45) is 0 Å². The Bertz CT molecular complexity index is 403. The van der Waals surface area contributed by atoms with Gasteiger partial charge in [-0.15, -0.1) is 4.68 Å². The second-order valence-electron chi connectivity index (χ2n) is 3.03. The van der Waals surface area contributed by atoms with Crippen molar-refractivity contribution in [1.29, 1.82) is 0 Å². The smallest absolute Gasteiger partial charge is 0.285 e. The standard InChI is InChI=1S/C10H11N3/c1-8-7-10(11)13(12-8)9-5-3-2-4-6-9/h2-7H,1H3,(H2,11,12)/p+1. The number of aryl methyl sites for hydroxylation is 1. The van der Waals surface area contributed by atoms with Gasteiger partial charge in [-0.3, -0.25) is 5.73 Å². The number of hydrogen-bond acceptors (Lipinski definition) is 1. The molecule has 0 aliphatic rings. The number of aromatic nitrogens is 2. The molecule has 3 nitrogen and oxygen atoms in total. The van der Waals surface area contributed by atoms with Gasteiger partial charge in [-0.25, -0.2) is 5.10 Å². The minimum atomic E-state index is 0.726. The Labute approximate surface area is 76.8 Å². The zero-order valence-electron chi connectivity index (χ0n) is 7.49. The Balaban J connectivity index is 2.53. The van der Waals surface area contributed by atoms with E-state index in [9.17, 15) is 0 Å². The predicted molar refractivity (Wildman–Crippen MR) is 51.5 cm³/mol. The summed E-state index contributed by atoms with van der Waals surface area (Å²) in [6.07, 6.45) is 0. The quantitative estimate of drug-likeness (QED) is 0.626. The number of para-hydroxylation sites is 1. The molecule has 0 saturated heterocycles. The van der Waals surface area contributed by atoms with Crippen LogP contribution in [0.2, 0.25) is 0 Å². The van der Waals surface area contributed by atoms with Gasteiger partial charge >= 0.3 is 0 Å². The normalized spacial score (nSPS) is 10.2. The van der Waals surface area contributed by atoms with E-state index in [1.165, 1.54) is 0 Å². The van der Waals surface area contributed by atoms with E-state index in [1.54, 1.807) is 0 Å². The lowest BCUT2D eigenvalue weighted by Gasteiger charge is -1.95. The van der Waals surface area contributed by atoms with Crippen LogP contribution in [0.1, 0.15) is 5.69 Å². The highest BCUT2D eigenvalue weighted by atomic mass is 15.3. The molecule has 0 amide bonds. The summed E-state index contributed by atoms with van der Waals surface area (Å²) in [5.74, 6) is 0.726. The van der Waals surface area contributed by atoms with Gasteiger partial charge in [0.05, 0.1) is 11.8 Å². The summed E-state index contributed by atoms with van der Waals surface area (Å²) in [5, 5.41) is 3.15. The maximum absolute atomic E-state index is 5.81. The first-order valence-corrected chi connectivity index (χ1v) is 4.20. The SMILES string of the molecule is Cc1cc(N)[n+](-c2ccccc2)[nH]1. The average molecular weight is 174 g/mol. The Morgan fingerprint density at radius 2 is 1.92 bits per heavy atom. The molecular weight excluding hydrogens is 162 g/mol. The van der Waals surface area contributed by atoms with E-state index < -0.39 is 0 Å². The van der Waals surface area contributed by atoms with Crippen LogP contribution in [-0.2, 0) is 0 Å². The maximum Gasteiger partial charge on any atom is 0.298 e. The molecule has 0 aliphatic heterocycles. The van der Waals surface area contributed by atoms with Gasteiger partial charge in [0.2, 0.25) is 0 Å². The first-order valence-electron chi connectivity index (χ1n) is 4.20. The molecule has 0 saturated carbocycles. The molecule has 2 aromatic rings. The first kappa shape index (κ1) is 7.86. The number of anilines is 1. The third-order valence-electron chi connectivity index (χ3n) is 1.93. The summed E-state index contributed by atoms with van der Waals surface area (Å²) in [5.41, 5.74) is 7.91. The van der Waals surface area contributed by atoms with Gasteiger partial charge in [-0.2, -0.15) is 0 Å². The van der Waals surface area contributed by atoms with Crippen LogP contribution >= 0.6 is 0 Å². The van der Waals surface area contributed by atoms with E-state index in [2.05, 4.69) is 5.10 Å². The molecule has 3 heteroatoms. The molecule has 2 rings (SSSR count). The fourth-order valence-electron chi connectivity index (χ4n) is 1.35. The summed E-state index contributed by atoms with van der Waals surface area (Å²) < 4.78 is 1.86. The number of nitrogen functional groups attached to an aromatic ring is 1. The van der Waals surface area contributed by atoms with Gasteiger partial charge in [-0.05, 0) is 19.1 Å². The van der Waals surface area contributed by atoms with Gasteiger partial charge < -0.3 is 0 Å². The number of nitrogens with zero attached hydrogens (tertiary/aromatic N) is 1. The molecule has 3 N–H and O–H groups in total. The van der Waals surface area contributed by atoms with Crippen molar-refractivity contribution in [2.45, 2.75) is 6.92 Å². The van der Waals surface area contributed by atoms with Crippen molar-refractivity contribution < 1.29 is 4.68 Å². The van der Waals surface area contributed by atoms with Crippen molar-refractivity contribution >= 4 is 5.82 Å². The highest BCUT2D eigenvalue weighted by Gasteiger charge is 2.09. The van der Waals surface area contributed by atoms with E-state index in [0.717, 1.165) is 17.2 Å². The number of H-pyrrole nitrogens is 1. The number of nitrogens with one attached hydrogen (secondary N) is 1. The Hall–Kier alpha value is -1.77. The number of hydrogen-bond donors (Lipinski definition) is 2. The van der Waals surface area contributed by atoms with E-state index in [1.807, 2.05) is 48.0 Å². The van der Waals surface area contributed by atoms with Gasteiger partial charge in [-0.1, -0.05) is 18.2 Å². The molecule has 0 aliphatic carbocycles. The summed E-state index contributed by atoms with van der Waals surface area (Å²) in [7, 11) is 0. The summed E-state index contributed by atoms with van der Waals surface area (Å²) in [4.78, 5) is 0. The molecule has 13 heavy (non-hydrogen) atoms. The monoisotopic (exact) mass is 174 g/mol. The Kier molecular flexibility index (Phi) is 1.77. The summed E-state index contributed by atoms with van der Waals surface area (Å²) in [6, 6.07) is 11.9. The van der Waals surface area contributed by atoms with Gasteiger partial charge in [0.25, 0.3) is 5.82 Å². The zero-order chi connectivity index (χ0) is 9.26. The highest BCUT2D eigenvalue weighted by Crippen LogP contribution is 2.03. The number of benzene rings is 1. The molecule has 1 aromatic carbocycles. The molecule has 0 radical (unpaired) electrons. The lowest BCUT2D eigenvalue weighted by Crippen LogP contribution is -2.35. The molecule has 0 atom stereocenters. The summed E-state index contributed by atoms with van der Waals surface area (Å²) in [6.45, 7) is 1.98. The molecule has 1 aromatic heterocycles. The van der Waals surface area contributed by atoms with Gasteiger partial charge in [0.1, 0.15) is 0 Å². The summed E-state index contributed by atoms with van der Waals surface area (Å²) >= 11 is 0. The van der Waals surface area contributed by atoms with Crippen LogP contribution < -0.4 is 10.4 Å². The molecule has 0 bridgehead atoms. The van der Waals surface area contributed by atoms with E-state index in [0.29, 0.717) is 0 Å². The maximum atomic E-state index is 5.81. The molecule has 1 heterocycles. The predicted octanol–water partition coefficient (Wildman–Crippen LogP) is 1.18. The second-order valence-corrected chi connectivity index (χ2v) is 3.03. The topological polar surface area (TPSA) is 45.7 Å². The van der Waals surface area contributed by atoms with Crippen molar-refractivity contribution in [3.05, 3.63) is 42.1 Å². The highest BCUT2D eigenvalue weighted by molar-refractivity contribution is 5.29. The van der Waals surface area contributed by atoms with Crippen molar-refractivity contribution in [3.8, 4) is 5.69 Å².